The predicted octanol–water partition coefficient (Wildman–Crippen LogP) is 3.75. The predicted molar refractivity (Wildman–Crippen MR) is 61.3 cm³/mol. The third kappa shape index (κ3) is 2.31. The Labute approximate surface area is 88.9 Å². The molecule has 0 aromatic rings. The molecule has 1 heteroatoms. The van der Waals surface area contributed by atoms with E-state index in [-0.39, 0.29) is 11.0 Å². The number of hydrogen-bond acceptors (Lipinski definition) is 1. The van der Waals surface area contributed by atoms with Gasteiger partial charge in [-0.3, -0.25) is 0 Å². The van der Waals surface area contributed by atoms with Crippen LogP contribution in [0.4, 0.5) is 0 Å². The molecule has 1 nitrogen and oxygen atoms in total. The van der Waals surface area contributed by atoms with Crippen molar-refractivity contribution in [1.29, 1.82) is 0 Å². The normalized spacial score (nSPS) is 24.6. The van der Waals surface area contributed by atoms with Crippen molar-refractivity contribution in [1.82, 2.24) is 0 Å². The van der Waals surface area contributed by atoms with Crippen molar-refractivity contribution in [3.63, 3.8) is 0 Å². The van der Waals surface area contributed by atoms with E-state index in [0.717, 1.165) is 19.3 Å². The molecule has 0 spiro atoms. The Kier molecular flexibility index (Phi) is 3.63. The highest BCUT2D eigenvalue weighted by Gasteiger charge is 2.41. The van der Waals surface area contributed by atoms with Crippen molar-refractivity contribution >= 4 is 0 Å². The molecule has 1 rings (SSSR count). The molecule has 0 aliphatic heterocycles. The van der Waals surface area contributed by atoms with Gasteiger partial charge in [-0.1, -0.05) is 53.4 Å². The smallest absolute Gasteiger partial charge is 0.0678 e. The summed E-state index contributed by atoms with van der Waals surface area (Å²) in [6, 6.07) is 0. The molecule has 1 fully saturated rings. The largest absolute Gasteiger partial charge is 0.390 e. The van der Waals surface area contributed by atoms with E-state index >= 15 is 0 Å². The summed E-state index contributed by atoms with van der Waals surface area (Å²) in [5.41, 5.74) is -0.107. The summed E-state index contributed by atoms with van der Waals surface area (Å²) >= 11 is 0. The summed E-state index contributed by atoms with van der Waals surface area (Å²) in [5.74, 6) is 0.417. The maximum atomic E-state index is 10.6. The first kappa shape index (κ1) is 12.0. The van der Waals surface area contributed by atoms with Gasteiger partial charge in [0.25, 0.3) is 0 Å². The highest BCUT2D eigenvalue weighted by Crippen LogP contribution is 2.44. The molecule has 84 valence electrons. The molecule has 0 amide bonds. The molecule has 1 N–H and O–H groups in total. The molecule has 1 aliphatic rings. The monoisotopic (exact) mass is 198 g/mol. The zero-order valence-corrected chi connectivity index (χ0v) is 10.3. The molecular formula is C13H26O. The summed E-state index contributed by atoms with van der Waals surface area (Å²) < 4.78 is 0. The number of hydrogen-bond donors (Lipinski definition) is 1. The van der Waals surface area contributed by atoms with Crippen LogP contribution in [0.25, 0.3) is 0 Å². The average Bonchev–Trinajstić information content (AvgIpc) is 2.18. The van der Waals surface area contributed by atoms with Crippen LogP contribution in [0.1, 0.15) is 66.2 Å². The molecule has 0 aromatic carbocycles. The van der Waals surface area contributed by atoms with E-state index in [1.165, 1.54) is 19.3 Å². The standard InChI is InChI=1S/C13H26O/c1-5-12(3,4)11(2)13(14)9-7-6-8-10-13/h11,14H,5-10H2,1-4H3. The van der Waals surface area contributed by atoms with Gasteiger partial charge >= 0.3 is 0 Å². The van der Waals surface area contributed by atoms with E-state index in [2.05, 4.69) is 27.7 Å². The van der Waals surface area contributed by atoms with Gasteiger partial charge in [-0.2, -0.15) is 0 Å². The van der Waals surface area contributed by atoms with E-state index in [9.17, 15) is 5.11 Å². The summed E-state index contributed by atoms with van der Waals surface area (Å²) in [4.78, 5) is 0. The Balaban J connectivity index is 2.70. The summed E-state index contributed by atoms with van der Waals surface area (Å²) in [6.45, 7) is 9.02. The van der Waals surface area contributed by atoms with E-state index in [1.54, 1.807) is 0 Å². The summed E-state index contributed by atoms with van der Waals surface area (Å²) in [6.07, 6.45) is 6.90. The zero-order chi connectivity index (χ0) is 10.8. The fraction of sp³-hybridized carbons (Fsp3) is 1.00. The van der Waals surface area contributed by atoms with E-state index in [4.69, 9.17) is 0 Å². The molecular weight excluding hydrogens is 172 g/mol. The first-order valence-corrected chi connectivity index (χ1v) is 6.15. The minimum absolute atomic E-state index is 0.270. The molecule has 1 aliphatic carbocycles. The highest BCUT2D eigenvalue weighted by molar-refractivity contribution is 4.93. The highest BCUT2D eigenvalue weighted by atomic mass is 16.3. The van der Waals surface area contributed by atoms with E-state index in [0.29, 0.717) is 5.92 Å². The van der Waals surface area contributed by atoms with Gasteiger partial charge in [-0.15, -0.1) is 0 Å². The van der Waals surface area contributed by atoms with Crippen molar-refractivity contribution in [3.05, 3.63) is 0 Å². The average molecular weight is 198 g/mol. The van der Waals surface area contributed by atoms with Crippen molar-refractivity contribution in [2.24, 2.45) is 11.3 Å². The van der Waals surface area contributed by atoms with Crippen LogP contribution in [0.5, 0.6) is 0 Å². The lowest BCUT2D eigenvalue weighted by Crippen LogP contribution is -2.45. The SMILES string of the molecule is CCC(C)(C)C(C)C1(O)CCCCC1. The minimum Gasteiger partial charge on any atom is -0.390 e. The van der Waals surface area contributed by atoms with Gasteiger partial charge in [-0.25, -0.2) is 0 Å². The Morgan fingerprint density at radius 3 is 2.14 bits per heavy atom. The Bertz CT molecular complexity index is 178. The van der Waals surface area contributed by atoms with Crippen LogP contribution in [0.15, 0.2) is 0 Å². The molecule has 1 atom stereocenters. The van der Waals surface area contributed by atoms with Crippen LogP contribution in [0.2, 0.25) is 0 Å². The first-order chi connectivity index (χ1) is 6.42. The maximum Gasteiger partial charge on any atom is 0.0678 e. The van der Waals surface area contributed by atoms with Crippen LogP contribution < -0.4 is 0 Å². The molecule has 0 heterocycles. The maximum absolute atomic E-state index is 10.6. The molecule has 1 saturated carbocycles. The molecule has 0 saturated heterocycles. The van der Waals surface area contributed by atoms with Crippen LogP contribution in [-0.2, 0) is 0 Å². The molecule has 1 unspecified atom stereocenters. The Hall–Kier alpha value is -0.0400. The van der Waals surface area contributed by atoms with Gasteiger partial charge in [-0.05, 0) is 24.2 Å². The minimum atomic E-state index is -0.377. The second kappa shape index (κ2) is 4.22. The second-order valence-corrected chi connectivity index (χ2v) is 5.73. The fourth-order valence-electron chi connectivity index (χ4n) is 2.63. The quantitative estimate of drug-likeness (QED) is 0.732. The van der Waals surface area contributed by atoms with Crippen molar-refractivity contribution < 1.29 is 5.11 Å². The van der Waals surface area contributed by atoms with Crippen LogP contribution >= 0.6 is 0 Å². The van der Waals surface area contributed by atoms with Gasteiger partial charge < -0.3 is 5.11 Å². The first-order valence-electron chi connectivity index (χ1n) is 6.15. The lowest BCUT2D eigenvalue weighted by Gasteiger charge is -2.45. The van der Waals surface area contributed by atoms with Crippen LogP contribution in [0, 0.1) is 11.3 Å². The Morgan fingerprint density at radius 1 is 1.21 bits per heavy atom. The molecule has 0 radical (unpaired) electrons. The lowest BCUT2D eigenvalue weighted by molar-refractivity contribution is -0.0843. The Morgan fingerprint density at radius 2 is 1.71 bits per heavy atom. The van der Waals surface area contributed by atoms with Crippen LogP contribution in [-0.4, -0.2) is 10.7 Å². The second-order valence-electron chi connectivity index (χ2n) is 5.73. The molecule has 14 heavy (non-hydrogen) atoms. The lowest BCUT2D eigenvalue weighted by atomic mass is 9.64. The van der Waals surface area contributed by atoms with Gasteiger partial charge in [0.15, 0.2) is 0 Å². The van der Waals surface area contributed by atoms with E-state index < -0.39 is 0 Å². The number of aliphatic hydroxyl groups is 1. The third-order valence-electron chi connectivity index (χ3n) is 4.61. The summed E-state index contributed by atoms with van der Waals surface area (Å²) in [7, 11) is 0. The van der Waals surface area contributed by atoms with Crippen molar-refractivity contribution in [3.8, 4) is 0 Å². The van der Waals surface area contributed by atoms with Crippen LogP contribution in [0.3, 0.4) is 0 Å². The fourth-order valence-corrected chi connectivity index (χ4v) is 2.63. The zero-order valence-electron chi connectivity index (χ0n) is 10.3. The molecule has 0 bridgehead atoms. The van der Waals surface area contributed by atoms with Gasteiger partial charge in [0.2, 0.25) is 0 Å². The van der Waals surface area contributed by atoms with Gasteiger partial charge in [0.05, 0.1) is 5.60 Å². The molecule has 0 aromatic heterocycles. The summed E-state index contributed by atoms with van der Waals surface area (Å²) in [5, 5.41) is 10.6. The van der Waals surface area contributed by atoms with Crippen molar-refractivity contribution in [2.75, 3.05) is 0 Å². The van der Waals surface area contributed by atoms with E-state index in [1.807, 2.05) is 0 Å². The van der Waals surface area contributed by atoms with Crippen molar-refractivity contribution in [2.45, 2.75) is 71.8 Å². The third-order valence-corrected chi connectivity index (χ3v) is 4.61. The number of rotatable bonds is 3. The topological polar surface area (TPSA) is 20.2 Å². The van der Waals surface area contributed by atoms with Gasteiger partial charge in [0.1, 0.15) is 0 Å². The van der Waals surface area contributed by atoms with Gasteiger partial charge in [0, 0.05) is 0 Å².